The Bertz CT molecular complexity index is 653. The quantitative estimate of drug-likeness (QED) is 0.809. The van der Waals surface area contributed by atoms with E-state index in [0.29, 0.717) is 5.92 Å². The van der Waals surface area contributed by atoms with Gasteiger partial charge in [0.2, 0.25) is 0 Å². The molecule has 2 aromatic rings. The molecule has 3 rings (SSSR count). The number of anilines is 1. The maximum absolute atomic E-state index is 5.70. The van der Waals surface area contributed by atoms with Gasteiger partial charge in [-0.15, -0.1) is 0 Å². The van der Waals surface area contributed by atoms with Gasteiger partial charge in [-0.3, -0.25) is 4.90 Å². The predicted molar refractivity (Wildman–Crippen MR) is 93.1 cm³/mol. The highest BCUT2D eigenvalue weighted by atomic mass is 16.5. The van der Waals surface area contributed by atoms with Crippen LogP contribution in [0.25, 0.3) is 0 Å². The predicted octanol–water partition coefficient (Wildman–Crippen LogP) is 2.13. The van der Waals surface area contributed by atoms with Crippen LogP contribution in [-0.2, 0) is 17.7 Å². The normalized spacial score (nSPS) is 21.3. The first-order chi connectivity index (χ1) is 11.5. The van der Waals surface area contributed by atoms with Crippen molar-refractivity contribution in [1.82, 2.24) is 15.0 Å². The van der Waals surface area contributed by atoms with E-state index in [-0.39, 0.29) is 6.10 Å². The number of hydrogen-bond donors (Lipinski definition) is 0. The van der Waals surface area contributed by atoms with Crippen molar-refractivity contribution in [3.05, 3.63) is 41.4 Å². The van der Waals surface area contributed by atoms with E-state index in [1.54, 1.807) is 7.11 Å². The van der Waals surface area contributed by atoms with Crippen LogP contribution in [0.3, 0.4) is 0 Å². The Morgan fingerprint density at radius 1 is 1.33 bits per heavy atom. The molecule has 0 aliphatic carbocycles. The summed E-state index contributed by atoms with van der Waals surface area (Å²) in [6.07, 6.45) is 3.06. The van der Waals surface area contributed by atoms with Crippen molar-refractivity contribution in [3.63, 3.8) is 0 Å². The van der Waals surface area contributed by atoms with Gasteiger partial charge in [-0.2, -0.15) is 0 Å². The maximum Gasteiger partial charge on any atom is 0.137 e. The van der Waals surface area contributed by atoms with Crippen LogP contribution in [-0.4, -0.2) is 55.4 Å². The fraction of sp³-hybridized carbons (Fsp3) is 0.556. The molecular weight excluding hydrogens is 304 g/mol. The molecule has 0 aromatic carbocycles. The lowest BCUT2D eigenvalue weighted by Crippen LogP contribution is -2.23. The van der Waals surface area contributed by atoms with Gasteiger partial charge in [-0.05, 0) is 18.6 Å². The molecule has 6 heteroatoms. The van der Waals surface area contributed by atoms with Crippen molar-refractivity contribution in [2.75, 3.05) is 39.2 Å². The number of rotatable bonds is 6. The van der Waals surface area contributed by atoms with Crippen molar-refractivity contribution in [2.24, 2.45) is 5.92 Å². The average Bonchev–Trinajstić information content (AvgIpc) is 3.14. The first kappa shape index (κ1) is 16.9. The van der Waals surface area contributed by atoms with Crippen molar-refractivity contribution in [2.45, 2.75) is 26.0 Å². The Morgan fingerprint density at radius 2 is 2.17 bits per heavy atom. The molecule has 0 unspecified atom stereocenters. The summed E-state index contributed by atoms with van der Waals surface area (Å²) in [7, 11) is 5.79. The van der Waals surface area contributed by atoms with Gasteiger partial charge >= 0.3 is 0 Å². The van der Waals surface area contributed by atoms with E-state index in [1.165, 1.54) is 5.56 Å². The molecule has 0 radical (unpaired) electrons. The highest BCUT2D eigenvalue weighted by molar-refractivity contribution is 5.37. The number of aryl methyl sites for hydroxylation is 1. The molecule has 1 saturated heterocycles. The van der Waals surface area contributed by atoms with E-state index in [0.717, 1.165) is 43.3 Å². The summed E-state index contributed by atoms with van der Waals surface area (Å²) >= 11 is 0. The number of likely N-dealkylation sites (tertiary alicyclic amines) is 1. The lowest BCUT2D eigenvalue weighted by atomic mass is 10.0. The van der Waals surface area contributed by atoms with Crippen LogP contribution >= 0.6 is 0 Å². The zero-order valence-electron chi connectivity index (χ0n) is 14.9. The number of methoxy groups -OCH3 is 1. The molecule has 1 aliphatic rings. The smallest absolute Gasteiger partial charge is 0.137 e. The van der Waals surface area contributed by atoms with Crippen molar-refractivity contribution >= 4 is 5.82 Å². The van der Waals surface area contributed by atoms with E-state index in [9.17, 15) is 0 Å². The van der Waals surface area contributed by atoms with Gasteiger partial charge in [-0.25, -0.2) is 4.98 Å². The van der Waals surface area contributed by atoms with Gasteiger partial charge in [0.25, 0.3) is 0 Å². The monoisotopic (exact) mass is 330 g/mol. The van der Waals surface area contributed by atoms with E-state index < -0.39 is 0 Å². The third-order valence-electron chi connectivity index (χ3n) is 4.57. The first-order valence-corrected chi connectivity index (χ1v) is 8.34. The van der Waals surface area contributed by atoms with Crippen molar-refractivity contribution in [3.8, 4) is 0 Å². The Labute approximate surface area is 143 Å². The minimum absolute atomic E-state index is 0.226. The van der Waals surface area contributed by atoms with Crippen molar-refractivity contribution in [1.29, 1.82) is 0 Å². The molecule has 0 N–H and O–H groups in total. The maximum atomic E-state index is 5.70. The Morgan fingerprint density at radius 3 is 2.75 bits per heavy atom. The van der Waals surface area contributed by atoms with Gasteiger partial charge in [-0.1, -0.05) is 11.2 Å². The molecule has 2 atom stereocenters. The molecule has 0 saturated carbocycles. The minimum atomic E-state index is 0.226. The number of ether oxygens (including phenoxy) is 1. The van der Waals surface area contributed by atoms with Crippen LogP contribution in [0, 0.1) is 12.8 Å². The summed E-state index contributed by atoms with van der Waals surface area (Å²) in [5.41, 5.74) is 2.16. The molecule has 0 spiro atoms. The second-order valence-corrected chi connectivity index (χ2v) is 6.79. The minimum Gasteiger partial charge on any atom is -0.380 e. The lowest BCUT2D eigenvalue weighted by Gasteiger charge is -2.16. The molecule has 2 aromatic heterocycles. The molecule has 3 heterocycles. The van der Waals surface area contributed by atoms with Crippen LogP contribution in [0.5, 0.6) is 0 Å². The molecule has 1 fully saturated rings. The fourth-order valence-electron chi connectivity index (χ4n) is 3.32. The molecule has 0 amide bonds. The van der Waals surface area contributed by atoms with Crippen LogP contribution in [0.15, 0.2) is 28.9 Å². The zero-order chi connectivity index (χ0) is 17.1. The number of hydrogen-bond acceptors (Lipinski definition) is 6. The highest BCUT2D eigenvalue weighted by Crippen LogP contribution is 2.25. The van der Waals surface area contributed by atoms with Gasteiger partial charge in [0.1, 0.15) is 11.6 Å². The topological polar surface area (TPSA) is 54.6 Å². The number of pyridine rings is 1. The largest absolute Gasteiger partial charge is 0.380 e. The molecule has 0 bridgehead atoms. The SMILES string of the molecule is CO[C@H]1CN(Cc2ccc(N(C)C)nc2)C[C@H]1Cc1cc(C)no1. The second kappa shape index (κ2) is 7.32. The summed E-state index contributed by atoms with van der Waals surface area (Å²) in [4.78, 5) is 8.93. The first-order valence-electron chi connectivity index (χ1n) is 8.34. The molecule has 1 aliphatic heterocycles. The second-order valence-electron chi connectivity index (χ2n) is 6.79. The van der Waals surface area contributed by atoms with E-state index in [1.807, 2.05) is 38.2 Å². The summed E-state index contributed by atoms with van der Waals surface area (Å²) < 4.78 is 11.1. The van der Waals surface area contributed by atoms with Gasteiger partial charge < -0.3 is 14.2 Å². The lowest BCUT2D eigenvalue weighted by molar-refractivity contribution is 0.0761. The molecule has 24 heavy (non-hydrogen) atoms. The molecule has 6 nitrogen and oxygen atoms in total. The van der Waals surface area contributed by atoms with E-state index in [4.69, 9.17) is 9.26 Å². The standard InChI is InChI=1S/C18H26N4O2/c1-13-7-16(24-20-13)8-15-11-22(12-17(15)23-4)10-14-5-6-18(19-9-14)21(2)3/h5-7,9,15,17H,8,10-12H2,1-4H3/t15-,17+/m1/s1. The number of aromatic nitrogens is 2. The third-order valence-corrected chi connectivity index (χ3v) is 4.57. The summed E-state index contributed by atoms with van der Waals surface area (Å²) in [5, 5.41) is 3.98. The summed E-state index contributed by atoms with van der Waals surface area (Å²) in [6, 6.07) is 6.23. The summed E-state index contributed by atoms with van der Waals surface area (Å²) in [5.74, 6) is 2.35. The van der Waals surface area contributed by atoms with E-state index >= 15 is 0 Å². The highest BCUT2D eigenvalue weighted by Gasteiger charge is 2.33. The Kier molecular flexibility index (Phi) is 5.16. The third kappa shape index (κ3) is 3.94. The molecular formula is C18H26N4O2. The van der Waals surface area contributed by atoms with E-state index in [2.05, 4.69) is 27.2 Å². The van der Waals surface area contributed by atoms with Crippen molar-refractivity contribution < 1.29 is 9.26 Å². The van der Waals surface area contributed by atoms with Crippen LogP contribution < -0.4 is 4.90 Å². The van der Waals surface area contributed by atoms with Crippen LogP contribution in [0.4, 0.5) is 5.82 Å². The fourth-order valence-corrected chi connectivity index (χ4v) is 3.32. The Hall–Kier alpha value is -1.92. The average molecular weight is 330 g/mol. The number of nitrogens with zero attached hydrogens (tertiary/aromatic N) is 4. The van der Waals surface area contributed by atoms with Crippen LogP contribution in [0.1, 0.15) is 17.0 Å². The molecule has 130 valence electrons. The van der Waals surface area contributed by atoms with Gasteiger partial charge in [0, 0.05) is 65.4 Å². The van der Waals surface area contributed by atoms with Crippen LogP contribution in [0.2, 0.25) is 0 Å². The van der Waals surface area contributed by atoms with Gasteiger partial charge in [0.05, 0.1) is 11.8 Å². The Balaban J connectivity index is 1.61. The van der Waals surface area contributed by atoms with Gasteiger partial charge in [0.15, 0.2) is 0 Å². The zero-order valence-corrected chi connectivity index (χ0v) is 14.9. The summed E-state index contributed by atoms with van der Waals surface area (Å²) in [6.45, 7) is 4.77.